The van der Waals surface area contributed by atoms with Crippen molar-refractivity contribution in [2.45, 2.75) is 63.6 Å². The number of carbonyl (C=O) groups is 2. The molecule has 4 bridgehead atoms. The third-order valence-corrected chi connectivity index (χ3v) is 6.65. The van der Waals surface area contributed by atoms with Crippen molar-refractivity contribution in [1.29, 1.82) is 5.26 Å². The highest BCUT2D eigenvalue weighted by Crippen LogP contribution is 2.62. The summed E-state index contributed by atoms with van der Waals surface area (Å²) in [5, 5.41) is 22.6. The highest BCUT2D eigenvalue weighted by atomic mass is 16.5. The Hall–Kier alpha value is -2.39. The standard InChI is InChI=1S/C22H26N2O4/c1-14(20(26)24-18-5-3-2-4-17(18)12-23)28-19(25)11-21-7-15-6-16(8-21)10-22(27,9-15)13-21/h2-5,14-16,27H,6-11,13H2,1H3,(H,24,26)/t14-,15-,16+,21?,22?/m1/s1. The van der Waals surface area contributed by atoms with Gasteiger partial charge in [0.2, 0.25) is 0 Å². The van der Waals surface area contributed by atoms with Crippen LogP contribution in [0.4, 0.5) is 5.69 Å². The molecule has 6 heteroatoms. The molecule has 2 unspecified atom stereocenters. The lowest BCUT2D eigenvalue weighted by atomic mass is 9.47. The number of amides is 1. The Morgan fingerprint density at radius 1 is 1.29 bits per heavy atom. The molecule has 1 amide bonds. The van der Waals surface area contributed by atoms with Crippen LogP contribution in [-0.2, 0) is 14.3 Å². The van der Waals surface area contributed by atoms with Crippen molar-refractivity contribution in [2.75, 3.05) is 5.32 Å². The minimum atomic E-state index is -0.948. The van der Waals surface area contributed by atoms with E-state index >= 15 is 0 Å². The number of carbonyl (C=O) groups excluding carboxylic acids is 2. The van der Waals surface area contributed by atoms with Crippen LogP contribution in [0.5, 0.6) is 0 Å². The van der Waals surface area contributed by atoms with Gasteiger partial charge in [-0.25, -0.2) is 0 Å². The van der Waals surface area contributed by atoms with Crippen LogP contribution in [-0.4, -0.2) is 28.7 Å². The second-order valence-corrected chi connectivity index (χ2v) is 9.14. The predicted octanol–water partition coefficient (Wildman–Crippen LogP) is 3.15. The zero-order valence-electron chi connectivity index (χ0n) is 16.1. The van der Waals surface area contributed by atoms with Gasteiger partial charge < -0.3 is 15.2 Å². The molecule has 6 nitrogen and oxygen atoms in total. The van der Waals surface area contributed by atoms with Gasteiger partial charge in [0, 0.05) is 0 Å². The molecular formula is C22H26N2O4. The first kappa shape index (κ1) is 18.9. The van der Waals surface area contributed by atoms with Gasteiger partial charge in [-0.2, -0.15) is 5.26 Å². The number of nitrogens with one attached hydrogen (secondary N) is 1. The molecule has 0 heterocycles. The number of nitriles is 1. The summed E-state index contributed by atoms with van der Waals surface area (Å²) in [6.45, 7) is 1.54. The van der Waals surface area contributed by atoms with Gasteiger partial charge in [0.1, 0.15) is 6.07 Å². The number of hydrogen-bond acceptors (Lipinski definition) is 5. The van der Waals surface area contributed by atoms with Crippen molar-refractivity contribution < 1.29 is 19.4 Å². The molecule has 4 fully saturated rings. The third-order valence-electron chi connectivity index (χ3n) is 6.65. The number of anilines is 1. The summed E-state index contributed by atoms with van der Waals surface area (Å²) in [5.41, 5.74) is -0.0363. The smallest absolute Gasteiger partial charge is 0.307 e. The summed E-state index contributed by atoms with van der Waals surface area (Å²) in [5.74, 6) is 0.159. The Bertz CT molecular complexity index is 829. The van der Waals surface area contributed by atoms with Gasteiger partial charge in [-0.05, 0) is 74.8 Å². The van der Waals surface area contributed by atoms with E-state index in [4.69, 9.17) is 10.00 Å². The molecule has 1 aromatic rings. The fourth-order valence-electron chi connectivity index (χ4n) is 6.13. The van der Waals surface area contributed by atoms with E-state index in [0.717, 1.165) is 32.1 Å². The lowest BCUT2D eigenvalue weighted by molar-refractivity contribution is -0.179. The monoisotopic (exact) mass is 382 g/mol. The zero-order chi connectivity index (χ0) is 19.9. The second-order valence-electron chi connectivity index (χ2n) is 9.14. The molecule has 4 aliphatic rings. The van der Waals surface area contributed by atoms with Crippen LogP contribution in [0.1, 0.15) is 57.4 Å². The van der Waals surface area contributed by atoms with E-state index < -0.39 is 17.6 Å². The van der Waals surface area contributed by atoms with Crippen LogP contribution < -0.4 is 5.32 Å². The van der Waals surface area contributed by atoms with Gasteiger partial charge in [0.25, 0.3) is 5.91 Å². The number of nitrogens with zero attached hydrogens (tertiary/aromatic N) is 1. The molecule has 5 rings (SSSR count). The average molecular weight is 382 g/mol. The molecule has 5 atom stereocenters. The van der Waals surface area contributed by atoms with E-state index in [9.17, 15) is 14.7 Å². The maximum Gasteiger partial charge on any atom is 0.307 e. The Morgan fingerprint density at radius 3 is 2.61 bits per heavy atom. The second kappa shape index (κ2) is 6.89. The number of hydrogen-bond donors (Lipinski definition) is 2. The summed E-state index contributed by atoms with van der Waals surface area (Å²) in [4.78, 5) is 25.0. The first-order chi connectivity index (χ1) is 13.3. The number of benzene rings is 1. The van der Waals surface area contributed by atoms with Gasteiger partial charge in [-0.1, -0.05) is 12.1 Å². The van der Waals surface area contributed by atoms with E-state index in [1.807, 2.05) is 6.07 Å². The number of aliphatic hydroxyl groups is 1. The Labute approximate surface area is 164 Å². The maximum atomic E-state index is 12.6. The quantitative estimate of drug-likeness (QED) is 0.762. The third kappa shape index (κ3) is 3.64. The van der Waals surface area contributed by atoms with E-state index in [1.165, 1.54) is 6.92 Å². The van der Waals surface area contributed by atoms with Gasteiger partial charge in [-0.3, -0.25) is 9.59 Å². The molecule has 0 spiro atoms. The first-order valence-electron chi connectivity index (χ1n) is 10.0. The van der Waals surface area contributed by atoms with Crippen molar-refractivity contribution >= 4 is 17.6 Å². The molecular weight excluding hydrogens is 356 g/mol. The van der Waals surface area contributed by atoms with E-state index in [2.05, 4.69) is 5.32 Å². The van der Waals surface area contributed by atoms with E-state index in [1.54, 1.807) is 24.3 Å². The number of ether oxygens (including phenoxy) is 1. The molecule has 0 aromatic heterocycles. The molecule has 0 saturated heterocycles. The van der Waals surface area contributed by atoms with Crippen molar-refractivity contribution in [1.82, 2.24) is 0 Å². The molecule has 4 saturated carbocycles. The Balaban J connectivity index is 1.36. The summed E-state index contributed by atoms with van der Waals surface area (Å²) in [6.07, 6.45) is 4.79. The maximum absolute atomic E-state index is 12.6. The lowest BCUT2D eigenvalue weighted by Crippen LogP contribution is -2.56. The van der Waals surface area contributed by atoms with E-state index in [0.29, 0.717) is 29.5 Å². The fraction of sp³-hybridized carbons (Fsp3) is 0.591. The Kier molecular flexibility index (Phi) is 4.67. The van der Waals surface area contributed by atoms with Crippen molar-refractivity contribution in [3.05, 3.63) is 29.8 Å². The molecule has 4 aliphatic carbocycles. The summed E-state index contributed by atoms with van der Waals surface area (Å²) in [6, 6.07) is 8.73. The zero-order valence-corrected chi connectivity index (χ0v) is 16.1. The average Bonchev–Trinajstić information content (AvgIpc) is 2.59. The van der Waals surface area contributed by atoms with Crippen molar-refractivity contribution in [3.63, 3.8) is 0 Å². The van der Waals surface area contributed by atoms with Crippen LogP contribution in [0.25, 0.3) is 0 Å². The minimum absolute atomic E-state index is 0.181. The van der Waals surface area contributed by atoms with Gasteiger partial charge in [-0.15, -0.1) is 0 Å². The predicted molar refractivity (Wildman–Crippen MR) is 102 cm³/mol. The van der Waals surface area contributed by atoms with Gasteiger partial charge in [0.15, 0.2) is 6.10 Å². The number of rotatable bonds is 5. The Morgan fingerprint density at radius 2 is 1.96 bits per heavy atom. The highest BCUT2D eigenvalue weighted by Gasteiger charge is 2.57. The normalized spacial score (nSPS) is 33.8. The van der Waals surface area contributed by atoms with Crippen LogP contribution in [0.3, 0.4) is 0 Å². The van der Waals surface area contributed by atoms with Crippen LogP contribution in [0, 0.1) is 28.6 Å². The molecule has 2 N–H and O–H groups in total. The number of para-hydroxylation sites is 1. The lowest BCUT2D eigenvalue weighted by Gasteiger charge is -2.60. The van der Waals surface area contributed by atoms with Crippen LogP contribution in [0.2, 0.25) is 0 Å². The summed E-state index contributed by atoms with van der Waals surface area (Å²) in [7, 11) is 0. The fourth-order valence-corrected chi connectivity index (χ4v) is 6.13. The van der Waals surface area contributed by atoms with Crippen molar-refractivity contribution in [2.24, 2.45) is 17.3 Å². The van der Waals surface area contributed by atoms with Crippen LogP contribution in [0.15, 0.2) is 24.3 Å². The minimum Gasteiger partial charge on any atom is -0.453 e. The number of esters is 1. The van der Waals surface area contributed by atoms with Crippen molar-refractivity contribution in [3.8, 4) is 6.07 Å². The van der Waals surface area contributed by atoms with Gasteiger partial charge >= 0.3 is 5.97 Å². The summed E-state index contributed by atoms with van der Waals surface area (Å²) >= 11 is 0. The first-order valence-corrected chi connectivity index (χ1v) is 10.0. The van der Waals surface area contributed by atoms with Crippen LogP contribution >= 0.6 is 0 Å². The molecule has 1 aromatic carbocycles. The van der Waals surface area contributed by atoms with E-state index in [-0.39, 0.29) is 17.8 Å². The molecule has 0 aliphatic heterocycles. The summed E-state index contributed by atoms with van der Waals surface area (Å²) < 4.78 is 5.41. The van der Waals surface area contributed by atoms with Gasteiger partial charge in [0.05, 0.1) is 23.3 Å². The molecule has 148 valence electrons. The topological polar surface area (TPSA) is 99.4 Å². The molecule has 28 heavy (non-hydrogen) atoms. The largest absolute Gasteiger partial charge is 0.453 e. The molecule has 0 radical (unpaired) electrons. The SMILES string of the molecule is C[C@@H](OC(=O)CC12C[C@@H]3C[C@@H](CC(O)(C3)C1)C2)C(=O)Nc1ccccc1C#N. The highest BCUT2D eigenvalue weighted by molar-refractivity contribution is 5.96.